The van der Waals surface area contributed by atoms with Crippen LogP contribution in [0.3, 0.4) is 0 Å². The van der Waals surface area contributed by atoms with Gasteiger partial charge in [0.15, 0.2) is 0 Å². The van der Waals surface area contributed by atoms with Crippen LogP contribution in [0.2, 0.25) is 5.02 Å². The quantitative estimate of drug-likeness (QED) is 0.941. The van der Waals surface area contributed by atoms with E-state index in [1.54, 1.807) is 7.05 Å². The number of hydrogen-bond acceptors (Lipinski definition) is 4. The van der Waals surface area contributed by atoms with E-state index in [1.165, 1.54) is 10.9 Å². The second kappa shape index (κ2) is 6.37. The largest absolute Gasteiger partial charge is 0.378 e. The molecule has 6 nitrogen and oxygen atoms in total. The van der Waals surface area contributed by atoms with Gasteiger partial charge in [-0.05, 0) is 18.2 Å². The van der Waals surface area contributed by atoms with Gasteiger partial charge in [0.2, 0.25) is 0 Å². The van der Waals surface area contributed by atoms with Crippen molar-refractivity contribution < 1.29 is 9.53 Å². The molecule has 0 saturated carbocycles. The van der Waals surface area contributed by atoms with Gasteiger partial charge in [-0.1, -0.05) is 17.7 Å². The maximum absolute atomic E-state index is 12.3. The van der Waals surface area contributed by atoms with Gasteiger partial charge in [0.25, 0.3) is 5.91 Å². The van der Waals surface area contributed by atoms with E-state index in [0.29, 0.717) is 10.7 Å². The molecule has 1 N–H and O–H groups in total. The smallest absolute Gasteiger partial charge is 0.275 e. The fraction of sp³-hybridized carbons (Fsp3) is 0.333. The molecule has 0 unspecified atom stereocenters. The zero-order valence-electron chi connectivity index (χ0n) is 12.3. The Bertz CT molecular complexity index is 660. The number of ether oxygens (including phenoxy) is 1. The lowest BCUT2D eigenvalue weighted by Gasteiger charge is -2.29. The summed E-state index contributed by atoms with van der Waals surface area (Å²) in [4.78, 5) is 14.5. The third-order valence-corrected chi connectivity index (χ3v) is 3.87. The van der Waals surface area contributed by atoms with Crippen LogP contribution in [0.5, 0.6) is 0 Å². The summed E-state index contributed by atoms with van der Waals surface area (Å²) in [5.41, 5.74) is 2.14. The van der Waals surface area contributed by atoms with Gasteiger partial charge in [-0.3, -0.25) is 9.48 Å². The summed E-state index contributed by atoms with van der Waals surface area (Å²) in [7, 11) is 1.69. The summed E-state index contributed by atoms with van der Waals surface area (Å²) >= 11 is 5.99. The second-order valence-corrected chi connectivity index (χ2v) is 5.48. The maximum Gasteiger partial charge on any atom is 0.275 e. The molecule has 1 amide bonds. The first-order valence-corrected chi connectivity index (χ1v) is 7.44. The third kappa shape index (κ3) is 3.08. The third-order valence-electron chi connectivity index (χ3n) is 3.59. The Kier molecular flexibility index (Phi) is 4.31. The van der Waals surface area contributed by atoms with Crippen LogP contribution < -0.4 is 10.2 Å². The molecule has 0 aliphatic carbocycles. The number of rotatable bonds is 3. The Balaban J connectivity index is 1.76. The van der Waals surface area contributed by atoms with Gasteiger partial charge >= 0.3 is 0 Å². The number of hydrogen-bond donors (Lipinski definition) is 1. The second-order valence-electron chi connectivity index (χ2n) is 5.07. The number of anilines is 2. The van der Waals surface area contributed by atoms with Crippen molar-refractivity contribution in [1.29, 1.82) is 0 Å². The van der Waals surface area contributed by atoms with E-state index in [1.807, 2.05) is 24.3 Å². The number of benzene rings is 1. The van der Waals surface area contributed by atoms with Crippen molar-refractivity contribution in [2.24, 2.45) is 7.05 Å². The molecule has 0 radical (unpaired) electrons. The Morgan fingerprint density at radius 2 is 2.14 bits per heavy atom. The Labute approximate surface area is 133 Å². The Hall–Kier alpha value is -2.05. The molecular formula is C15H17ClN4O2. The minimum atomic E-state index is -0.274. The first-order chi connectivity index (χ1) is 10.6. The van der Waals surface area contributed by atoms with E-state index in [0.717, 1.165) is 37.7 Å². The van der Waals surface area contributed by atoms with Gasteiger partial charge in [0.05, 0.1) is 24.4 Å². The predicted octanol–water partition coefficient (Wildman–Crippen LogP) is 2.16. The fourth-order valence-electron chi connectivity index (χ4n) is 2.46. The molecule has 7 heteroatoms. The number of morpholine rings is 1. The summed E-state index contributed by atoms with van der Waals surface area (Å²) in [5.74, 6) is -0.274. The first-order valence-electron chi connectivity index (χ1n) is 7.07. The summed E-state index contributed by atoms with van der Waals surface area (Å²) in [6, 6.07) is 7.75. The van der Waals surface area contributed by atoms with Crippen LogP contribution in [-0.4, -0.2) is 42.0 Å². The number of carbonyl (C=O) groups is 1. The number of nitrogens with one attached hydrogen (secondary N) is 1. The normalized spacial score (nSPS) is 14.9. The standard InChI is InChI=1S/C15H17ClN4O2/c1-19-14(13(16)10-17-19)15(21)18-11-3-2-4-12(9-11)20-5-7-22-8-6-20/h2-4,9-10H,5-8H2,1H3,(H,18,21). The zero-order chi connectivity index (χ0) is 15.5. The van der Waals surface area contributed by atoms with Gasteiger partial charge < -0.3 is 15.0 Å². The van der Waals surface area contributed by atoms with E-state index < -0.39 is 0 Å². The van der Waals surface area contributed by atoms with E-state index in [2.05, 4.69) is 15.3 Å². The van der Waals surface area contributed by atoms with E-state index in [-0.39, 0.29) is 5.91 Å². The van der Waals surface area contributed by atoms with Crippen molar-refractivity contribution in [3.8, 4) is 0 Å². The average Bonchev–Trinajstić information content (AvgIpc) is 2.87. The molecule has 1 saturated heterocycles. The molecule has 1 aliphatic heterocycles. The van der Waals surface area contributed by atoms with Gasteiger partial charge in [-0.15, -0.1) is 0 Å². The highest BCUT2D eigenvalue weighted by molar-refractivity contribution is 6.34. The molecule has 1 aromatic heterocycles. The van der Waals surface area contributed by atoms with Crippen LogP contribution in [0.1, 0.15) is 10.5 Å². The van der Waals surface area contributed by atoms with Crippen molar-refractivity contribution >= 4 is 28.9 Å². The monoisotopic (exact) mass is 320 g/mol. The van der Waals surface area contributed by atoms with E-state index in [4.69, 9.17) is 16.3 Å². The fourth-order valence-corrected chi connectivity index (χ4v) is 2.71. The molecule has 2 heterocycles. The number of aryl methyl sites for hydroxylation is 1. The van der Waals surface area contributed by atoms with Crippen molar-refractivity contribution in [2.45, 2.75) is 0 Å². The molecule has 1 aliphatic rings. The average molecular weight is 321 g/mol. The number of aromatic nitrogens is 2. The van der Waals surface area contributed by atoms with Gasteiger partial charge in [-0.25, -0.2) is 0 Å². The van der Waals surface area contributed by atoms with Crippen molar-refractivity contribution in [3.05, 3.63) is 41.2 Å². The van der Waals surface area contributed by atoms with Crippen LogP contribution in [-0.2, 0) is 11.8 Å². The summed E-state index contributed by atoms with van der Waals surface area (Å²) in [6.07, 6.45) is 1.46. The highest BCUT2D eigenvalue weighted by atomic mass is 35.5. The molecule has 0 bridgehead atoms. The van der Waals surface area contributed by atoms with Crippen LogP contribution in [0.25, 0.3) is 0 Å². The van der Waals surface area contributed by atoms with Crippen molar-refractivity contribution in [3.63, 3.8) is 0 Å². The molecule has 0 atom stereocenters. The minimum Gasteiger partial charge on any atom is -0.378 e. The molecule has 3 rings (SSSR count). The molecule has 22 heavy (non-hydrogen) atoms. The summed E-state index contributed by atoms with van der Waals surface area (Å²) < 4.78 is 6.82. The zero-order valence-corrected chi connectivity index (χ0v) is 13.0. The van der Waals surface area contributed by atoms with Gasteiger partial charge in [0, 0.05) is 31.5 Å². The van der Waals surface area contributed by atoms with Crippen molar-refractivity contribution in [1.82, 2.24) is 9.78 Å². The van der Waals surface area contributed by atoms with Gasteiger partial charge in [0.1, 0.15) is 5.69 Å². The predicted molar refractivity (Wildman–Crippen MR) is 85.6 cm³/mol. The lowest BCUT2D eigenvalue weighted by molar-refractivity contribution is 0.101. The Morgan fingerprint density at radius 3 is 2.82 bits per heavy atom. The van der Waals surface area contributed by atoms with E-state index >= 15 is 0 Å². The highest BCUT2D eigenvalue weighted by Gasteiger charge is 2.16. The highest BCUT2D eigenvalue weighted by Crippen LogP contribution is 2.22. The minimum absolute atomic E-state index is 0.274. The van der Waals surface area contributed by atoms with E-state index in [9.17, 15) is 4.79 Å². The molecule has 116 valence electrons. The lowest BCUT2D eigenvalue weighted by Crippen LogP contribution is -2.36. The maximum atomic E-state index is 12.3. The number of halogens is 1. The number of carbonyl (C=O) groups excluding carboxylic acids is 1. The number of nitrogens with zero attached hydrogens (tertiary/aromatic N) is 3. The van der Waals surface area contributed by atoms with Crippen molar-refractivity contribution in [2.75, 3.05) is 36.5 Å². The summed E-state index contributed by atoms with van der Waals surface area (Å²) in [6.45, 7) is 3.15. The Morgan fingerprint density at radius 1 is 1.36 bits per heavy atom. The topological polar surface area (TPSA) is 59.4 Å². The SMILES string of the molecule is Cn1ncc(Cl)c1C(=O)Nc1cccc(N2CCOCC2)c1. The number of amides is 1. The molecular weight excluding hydrogens is 304 g/mol. The summed E-state index contributed by atoms with van der Waals surface area (Å²) in [5, 5.41) is 7.17. The van der Waals surface area contributed by atoms with Crippen LogP contribution >= 0.6 is 11.6 Å². The van der Waals surface area contributed by atoms with Gasteiger partial charge in [-0.2, -0.15) is 5.10 Å². The molecule has 0 spiro atoms. The first kappa shape index (κ1) is 14.9. The van der Waals surface area contributed by atoms with Crippen LogP contribution in [0.4, 0.5) is 11.4 Å². The lowest BCUT2D eigenvalue weighted by atomic mass is 10.2. The molecule has 1 fully saturated rings. The molecule has 1 aromatic carbocycles. The van der Waals surface area contributed by atoms with Crippen LogP contribution in [0, 0.1) is 0 Å². The molecule has 2 aromatic rings. The van der Waals surface area contributed by atoms with Crippen LogP contribution in [0.15, 0.2) is 30.5 Å².